The van der Waals surface area contributed by atoms with Crippen LogP contribution in [-0.2, 0) is 4.74 Å². The van der Waals surface area contributed by atoms with Crippen LogP contribution in [0.25, 0.3) is 10.2 Å². The van der Waals surface area contributed by atoms with E-state index in [1.54, 1.807) is 11.3 Å². The number of nitrogens with two attached hydrogens (primary N) is 1. The number of nitrogens with zero attached hydrogens (tertiary/aromatic N) is 2. The number of rotatable bonds is 1. The maximum absolute atomic E-state index is 5.98. The molecule has 17 heavy (non-hydrogen) atoms. The molecule has 2 N–H and O–H groups in total. The maximum Gasteiger partial charge on any atom is 0.138 e. The van der Waals surface area contributed by atoms with Crippen LogP contribution in [0.2, 0.25) is 0 Å². The fourth-order valence-corrected chi connectivity index (χ4v) is 3.75. The summed E-state index contributed by atoms with van der Waals surface area (Å²) >= 11 is 1.62. The minimum atomic E-state index is 0.316. The van der Waals surface area contributed by atoms with Crippen molar-refractivity contribution in [3.8, 4) is 0 Å². The minimum absolute atomic E-state index is 0.316. The van der Waals surface area contributed by atoms with Gasteiger partial charge in [-0.05, 0) is 30.7 Å². The predicted molar refractivity (Wildman–Crippen MR) is 67.1 cm³/mol. The van der Waals surface area contributed by atoms with Gasteiger partial charge in [0.15, 0.2) is 0 Å². The summed E-state index contributed by atoms with van der Waals surface area (Å²) in [6.45, 7) is 0. The summed E-state index contributed by atoms with van der Waals surface area (Å²) in [6, 6.07) is 1.98. The van der Waals surface area contributed by atoms with E-state index in [1.165, 1.54) is 6.42 Å². The molecule has 0 saturated carbocycles. The molecule has 4 heterocycles. The van der Waals surface area contributed by atoms with Crippen molar-refractivity contribution in [1.82, 2.24) is 9.97 Å². The van der Waals surface area contributed by atoms with Crippen LogP contribution in [0.4, 0.5) is 5.82 Å². The topological polar surface area (TPSA) is 61.0 Å². The van der Waals surface area contributed by atoms with Gasteiger partial charge in [-0.15, -0.1) is 11.3 Å². The number of thiophene rings is 1. The number of nitrogen functional groups attached to an aromatic ring is 1. The minimum Gasteiger partial charge on any atom is -0.383 e. The van der Waals surface area contributed by atoms with Gasteiger partial charge < -0.3 is 10.5 Å². The van der Waals surface area contributed by atoms with Gasteiger partial charge in [0, 0.05) is 5.92 Å². The van der Waals surface area contributed by atoms with Crippen LogP contribution in [-0.4, -0.2) is 22.2 Å². The van der Waals surface area contributed by atoms with E-state index in [4.69, 9.17) is 10.5 Å². The Morgan fingerprint density at radius 1 is 1.35 bits per heavy atom. The van der Waals surface area contributed by atoms with Gasteiger partial charge in [0.05, 0.1) is 17.6 Å². The highest BCUT2D eigenvalue weighted by Gasteiger charge is 2.43. The second-order valence-corrected chi connectivity index (χ2v) is 5.72. The van der Waals surface area contributed by atoms with Gasteiger partial charge in [-0.2, -0.15) is 0 Å². The fourth-order valence-electron chi connectivity index (χ4n) is 2.97. The number of hydrogen-bond acceptors (Lipinski definition) is 5. The summed E-state index contributed by atoms with van der Waals surface area (Å²) in [5, 5.41) is 2.99. The molecule has 2 saturated heterocycles. The summed E-state index contributed by atoms with van der Waals surface area (Å²) in [7, 11) is 0. The average molecular weight is 247 g/mol. The third-order valence-corrected chi connectivity index (χ3v) is 4.62. The van der Waals surface area contributed by atoms with E-state index in [2.05, 4.69) is 9.97 Å². The summed E-state index contributed by atoms with van der Waals surface area (Å²) in [5.41, 5.74) is 5.98. The second-order valence-electron chi connectivity index (χ2n) is 4.82. The first-order chi connectivity index (χ1) is 8.31. The van der Waals surface area contributed by atoms with Crippen LogP contribution in [0.3, 0.4) is 0 Å². The number of ether oxygens (including phenoxy) is 1. The summed E-state index contributed by atoms with van der Waals surface area (Å²) in [5.74, 6) is 1.83. The largest absolute Gasteiger partial charge is 0.383 e. The van der Waals surface area contributed by atoms with Crippen molar-refractivity contribution in [1.29, 1.82) is 0 Å². The second kappa shape index (κ2) is 3.40. The molecular weight excluding hydrogens is 234 g/mol. The third kappa shape index (κ3) is 1.39. The highest BCUT2D eigenvalue weighted by molar-refractivity contribution is 7.16. The molecule has 2 aliphatic rings. The lowest BCUT2D eigenvalue weighted by molar-refractivity contribution is 0.0999. The first kappa shape index (κ1) is 9.79. The molecule has 0 radical (unpaired) electrons. The quantitative estimate of drug-likeness (QED) is 0.840. The number of hydrogen-bond donors (Lipinski definition) is 1. The SMILES string of the molecule is Nc1nc(C2CC3CCC2O3)nc2sccc12. The Morgan fingerprint density at radius 2 is 2.29 bits per heavy atom. The van der Waals surface area contributed by atoms with E-state index in [0.717, 1.165) is 28.9 Å². The van der Waals surface area contributed by atoms with Crippen molar-refractivity contribution in [2.75, 3.05) is 5.73 Å². The molecule has 5 heteroatoms. The van der Waals surface area contributed by atoms with Gasteiger partial charge in [-0.1, -0.05) is 0 Å². The van der Waals surface area contributed by atoms with Crippen molar-refractivity contribution in [3.63, 3.8) is 0 Å². The number of fused-ring (bicyclic) bond motifs is 3. The van der Waals surface area contributed by atoms with E-state index in [0.29, 0.717) is 23.9 Å². The van der Waals surface area contributed by atoms with E-state index >= 15 is 0 Å². The maximum atomic E-state index is 5.98. The van der Waals surface area contributed by atoms with Gasteiger partial charge in [0.1, 0.15) is 16.5 Å². The Morgan fingerprint density at radius 3 is 3.06 bits per heavy atom. The fraction of sp³-hybridized carbons (Fsp3) is 0.500. The molecule has 4 nitrogen and oxygen atoms in total. The van der Waals surface area contributed by atoms with Crippen molar-refractivity contribution < 1.29 is 4.74 Å². The van der Waals surface area contributed by atoms with Crippen LogP contribution >= 0.6 is 11.3 Å². The molecule has 4 rings (SSSR count). The van der Waals surface area contributed by atoms with Crippen molar-refractivity contribution in [2.24, 2.45) is 0 Å². The zero-order valence-corrected chi connectivity index (χ0v) is 10.1. The van der Waals surface area contributed by atoms with Gasteiger partial charge in [0.2, 0.25) is 0 Å². The van der Waals surface area contributed by atoms with Crippen molar-refractivity contribution in [2.45, 2.75) is 37.4 Å². The normalized spacial score (nSPS) is 31.4. The molecule has 2 aromatic rings. The monoisotopic (exact) mass is 247 g/mol. The molecule has 88 valence electrons. The van der Waals surface area contributed by atoms with Gasteiger partial charge in [-0.3, -0.25) is 0 Å². The van der Waals surface area contributed by atoms with Crippen LogP contribution in [0.5, 0.6) is 0 Å². The zero-order valence-electron chi connectivity index (χ0n) is 9.30. The molecular formula is C12H13N3OS. The highest BCUT2D eigenvalue weighted by Crippen LogP contribution is 2.44. The van der Waals surface area contributed by atoms with Crippen LogP contribution < -0.4 is 5.73 Å². The average Bonchev–Trinajstić information content (AvgIpc) is 3.04. The summed E-state index contributed by atoms with van der Waals surface area (Å²) in [4.78, 5) is 10.1. The van der Waals surface area contributed by atoms with Crippen LogP contribution in [0.1, 0.15) is 31.0 Å². The molecule has 3 unspecified atom stereocenters. The molecule has 2 fully saturated rings. The van der Waals surface area contributed by atoms with Gasteiger partial charge in [-0.25, -0.2) is 9.97 Å². The van der Waals surface area contributed by atoms with E-state index in [-0.39, 0.29) is 0 Å². The molecule has 0 amide bonds. The Kier molecular flexibility index (Phi) is 1.96. The van der Waals surface area contributed by atoms with Gasteiger partial charge >= 0.3 is 0 Å². The first-order valence-corrected chi connectivity index (χ1v) is 6.85. The van der Waals surface area contributed by atoms with Crippen molar-refractivity contribution >= 4 is 27.4 Å². The molecule has 2 bridgehead atoms. The Bertz CT molecular complexity index is 582. The van der Waals surface area contributed by atoms with Crippen LogP contribution in [0.15, 0.2) is 11.4 Å². The summed E-state index contributed by atoms with van der Waals surface area (Å²) < 4.78 is 5.86. The number of aromatic nitrogens is 2. The smallest absolute Gasteiger partial charge is 0.138 e. The Labute approximate surface area is 103 Å². The zero-order chi connectivity index (χ0) is 11.4. The third-order valence-electron chi connectivity index (χ3n) is 3.81. The van der Waals surface area contributed by atoms with Gasteiger partial charge in [0.25, 0.3) is 0 Å². The van der Waals surface area contributed by atoms with E-state index in [1.807, 2.05) is 11.4 Å². The first-order valence-electron chi connectivity index (χ1n) is 5.97. The lowest BCUT2D eigenvalue weighted by Gasteiger charge is -2.17. The molecule has 2 aromatic heterocycles. The molecule has 2 aliphatic heterocycles. The van der Waals surface area contributed by atoms with E-state index in [9.17, 15) is 0 Å². The molecule has 0 aromatic carbocycles. The predicted octanol–water partition coefficient (Wildman–Crippen LogP) is 2.31. The Balaban J connectivity index is 1.80. The molecule has 0 spiro atoms. The molecule has 0 aliphatic carbocycles. The lowest BCUT2D eigenvalue weighted by atomic mass is 9.88. The molecule has 3 atom stereocenters. The number of anilines is 1. The standard InChI is InChI=1S/C12H13N3OS/c13-10-7-3-4-17-12(7)15-11(14-10)8-5-6-1-2-9(8)16-6/h3-4,6,8-9H,1-2,5H2,(H2,13,14,15). The van der Waals surface area contributed by atoms with Crippen LogP contribution in [0, 0.1) is 0 Å². The lowest BCUT2D eigenvalue weighted by Crippen LogP contribution is -2.17. The van der Waals surface area contributed by atoms with E-state index < -0.39 is 0 Å². The Hall–Kier alpha value is -1.20. The summed E-state index contributed by atoms with van der Waals surface area (Å²) in [6.07, 6.45) is 4.13. The highest BCUT2D eigenvalue weighted by atomic mass is 32.1. The van der Waals surface area contributed by atoms with Crippen molar-refractivity contribution in [3.05, 3.63) is 17.3 Å².